The van der Waals surface area contributed by atoms with Crippen molar-refractivity contribution in [3.05, 3.63) is 66.6 Å². The van der Waals surface area contributed by atoms with Crippen molar-refractivity contribution in [1.29, 1.82) is 5.26 Å². The molecule has 5 nitrogen and oxygen atoms in total. The van der Waals surface area contributed by atoms with Gasteiger partial charge < -0.3 is 5.11 Å². The summed E-state index contributed by atoms with van der Waals surface area (Å²) < 4.78 is 0.989. The van der Waals surface area contributed by atoms with Crippen LogP contribution in [0, 0.1) is 21.4 Å². The summed E-state index contributed by atoms with van der Waals surface area (Å²) in [7, 11) is 0. The summed E-state index contributed by atoms with van der Waals surface area (Å²) in [6.07, 6.45) is 1.64. The molecule has 0 aliphatic heterocycles. The minimum atomic E-state index is -0.492. The molecule has 2 rings (SSSR count). The fourth-order valence-corrected chi connectivity index (χ4v) is 3.00. The fraction of sp³-hybridized carbons (Fsp3) is 0. The molecule has 110 valence electrons. The number of benzene rings is 2. The summed E-state index contributed by atoms with van der Waals surface area (Å²) in [5.74, 6) is 0.0750. The van der Waals surface area contributed by atoms with Gasteiger partial charge in [-0.3, -0.25) is 10.1 Å². The standard InChI is InChI=1S/C15H8Br2N2O3/c16-13-6-9(7-14(17)15(13)20)5-11(8-18)10-1-3-12(4-2-10)19(21)22/h1-7,20H. The molecule has 0 atom stereocenters. The minimum absolute atomic E-state index is 0.0313. The zero-order valence-electron chi connectivity index (χ0n) is 11.0. The summed E-state index contributed by atoms with van der Waals surface area (Å²) in [6.45, 7) is 0. The number of aromatic hydroxyl groups is 1. The Morgan fingerprint density at radius 2 is 1.77 bits per heavy atom. The fourth-order valence-electron chi connectivity index (χ4n) is 1.78. The van der Waals surface area contributed by atoms with Gasteiger partial charge in [-0.25, -0.2) is 0 Å². The molecular weight excluding hydrogens is 416 g/mol. The molecule has 7 heteroatoms. The molecule has 0 unspecified atom stereocenters. The Hall–Kier alpha value is -2.17. The number of phenolic OH excluding ortho intramolecular Hbond substituents is 1. The van der Waals surface area contributed by atoms with Crippen LogP contribution < -0.4 is 0 Å². The summed E-state index contributed by atoms with van der Waals surface area (Å²) in [6, 6.07) is 11.2. The SMILES string of the molecule is N#CC(=Cc1cc(Br)c(O)c(Br)c1)c1ccc([N+](=O)[O-])cc1. The Kier molecular flexibility index (Phi) is 4.96. The van der Waals surface area contributed by atoms with Crippen LogP contribution in [0.5, 0.6) is 5.75 Å². The van der Waals surface area contributed by atoms with Gasteiger partial charge in [-0.15, -0.1) is 0 Å². The first kappa shape index (κ1) is 16.2. The van der Waals surface area contributed by atoms with Gasteiger partial charge in [-0.2, -0.15) is 5.26 Å². The maximum atomic E-state index is 10.6. The molecule has 0 spiro atoms. The summed E-state index contributed by atoms with van der Waals surface area (Å²) >= 11 is 6.45. The van der Waals surface area contributed by atoms with Crippen LogP contribution in [0.4, 0.5) is 5.69 Å². The zero-order valence-corrected chi connectivity index (χ0v) is 14.1. The van der Waals surface area contributed by atoms with Gasteiger partial charge in [-0.1, -0.05) is 0 Å². The number of allylic oxidation sites excluding steroid dienone is 1. The van der Waals surface area contributed by atoms with E-state index < -0.39 is 4.92 Å². The molecule has 2 aromatic carbocycles. The molecule has 0 amide bonds. The van der Waals surface area contributed by atoms with E-state index in [0.717, 1.165) is 0 Å². The lowest BCUT2D eigenvalue weighted by molar-refractivity contribution is -0.384. The lowest BCUT2D eigenvalue weighted by atomic mass is 10.0. The summed E-state index contributed by atoms with van der Waals surface area (Å²) in [4.78, 5) is 10.1. The quantitative estimate of drug-likeness (QED) is 0.329. The monoisotopic (exact) mass is 422 g/mol. The molecule has 0 saturated carbocycles. The van der Waals surface area contributed by atoms with Crippen molar-refractivity contribution in [2.75, 3.05) is 0 Å². The Bertz CT molecular complexity index is 786. The predicted octanol–water partition coefficient (Wildman–Crippen LogP) is 4.89. The second-order valence-corrected chi connectivity index (χ2v) is 6.02. The number of nitro groups is 1. The van der Waals surface area contributed by atoms with Gasteiger partial charge in [0, 0.05) is 12.1 Å². The second kappa shape index (κ2) is 6.73. The average Bonchev–Trinajstić information content (AvgIpc) is 2.50. The number of hydrogen-bond acceptors (Lipinski definition) is 4. The van der Waals surface area contributed by atoms with E-state index in [4.69, 9.17) is 0 Å². The first-order valence-corrected chi connectivity index (χ1v) is 7.55. The number of nitro benzene ring substituents is 1. The highest BCUT2D eigenvalue weighted by atomic mass is 79.9. The Morgan fingerprint density at radius 3 is 2.23 bits per heavy atom. The van der Waals surface area contributed by atoms with E-state index in [-0.39, 0.29) is 11.4 Å². The average molecular weight is 424 g/mol. The van der Waals surface area contributed by atoms with E-state index in [1.54, 1.807) is 18.2 Å². The number of phenols is 1. The number of hydrogen-bond donors (Lipinski definition) is 1. The van der Waals surface area contributed by atoms with Crippen LogP contribution in [0.1, 0.15) is 11.1 Å². The first-order valence-electron chi connectivity index (χ1n) is 5.97. The Balaban J connectivity index is 2.44. The van der Waals surface area contributed by atoms with E-state index in [9.17, 15) is 20.5 Å². The third-order valence-corrected chi connectivity index (χ3v) is 4.07. The molecule has 0 aromatic heterocycles. The van der Waals surface area contributed by atoms with Crippen LogP contribution >= 0.6 is 31.9 Å². The van der Waals surface area contributed by atoms with E-state index in [2.05, 4.69) is 37.9 Å². The molecule has 0 aliphatic rings. The third-order valence-electron chi connectivity index (χ3n) is 2.86. The van der Waals surface area contributed by atoms with E-state index in [0.29, 0.717) is 25.6 Å². The lowest BCUT2D eigenvalue weighted by Gasteiger charge is -2.04. The first-order chi connectivity index (χ1) is 10.4. The molecule has 0 radical (unpaired) electrons. The van der Waals surface area contributed by atoms with Crippen LogP contribution in [0.3, 0.4) is 0 Å². The van der Waals surface area contributed by atoms with Crippen LogP contribution in [0.2, 0.25) is 0 Å². The highest BCUT2D eigenvalue weighted by molar-refractivity contribution is 9.11. The minimum Gasteiger partial charge on any atom is -0.506 e. The van der Waals surface area contributed by atoms with Gasteiger partial charge in [0.25, 0.3) is 5.69 Å². The predicted molar refractivity (Wildman–Crippen MR) is 90.1 cm³/mol. The molecule has 22 heavy (non-hydrogen) atoms. The van der Waals surface area contributed by atoms with Gasteiger partial charge in [0.1, 0.15) is 5.75 Å². The number of non-ortho nitro benzene ring substituents is 1. The molecule has 0 saturated heterocycles. The third kappa shape index (κ3) is 3.53. The topological polar surface area (TPSA) is 87.2 Å². The molecular formula is C15H8Br2N2O3. The molecule has 1 N–H and O–H groups in total. The van der Waals surface area contributed by atoms with Crippen molar-refractivity contribution in [3.63, 3.8) is 0 Å². The molecule has 0 aliphatic carbocycles. The van der Waals surface area contributed by atoms with Crippen LogP contribution in [0.25, 0.3) is 11.6 Å². The highest BCUT2D eigenvalue weighted by Gasteiger charge is 2.09. The number of rotatable bonds is 3. The van der Waals surface area contributed by atoms with Gasteiger partial charge in [0.2, 0.25) is 0 Å². The van der Waals surface area contributed by atoms with Gasteiger partial charge in [0.05, 0.1) is 25.5 Å². The van der Waals surface area contributed by atoms with Crippen LogP contribution in [-0.2, 0) is 0 Å². The van der Waals surface area contributed by atoms with Gasteiger partial charge in [0.15, 0.2) is 0 Å². The Labute approximate surface area is 142 Å². The van der Waals surface area contributed by atoms with Crippen molar-refractivity contribution in [2.24, 2.45) is 0 Å². The molecule has 2 aromatic rings. The van der Waals surface area contributed by atoms with Gasteiger partial charge in [-0.05, 0) is 73.3 Å². The summed E-state index contributed by atoms with van der Waals surface area (Å²) in [5.41, 5.74) is 1.61. The maximum Gasteiger partial charge on any atom is 0.269 e. The number of nitriles is 1. The molecule has 0 fully saturated rings. The van der Waals surface area contributed by atoms with Crippen LogP contribution in [0.15, 0.2) is 45.3 Å². The van der Waals surface area contributed by atoms with Gasteiger partial charge >= 0.3 is 0 Å². The smallest absolute Gasteiger partial charge is 0.269 e. The van der Waals surface area contributed by atoms with Crippen molar-refractivity contribution < 1.29 is 10.0 Å². The maximum absolute atomic E-state index is 10.6. The lowest BCUT2D eigenvalue weighted by Crippen LogP contribution is -1.88. The number of halogens is 2. The zero-order chi connectivity index (χ0) is 16.3. The van der Waals surface area contributed by atoms with Crippen molar-refractivity contribution in [1.82, 2.24) is 0 Å². The van der Waals surface area contributed by atoms with E-state index in [1.165, 1.54) is 24.3 Å². The summed E-state index contributed by atoms with van der Waals surface area (Å²) in [5, 5.41) is 29.6. The molecule has 0 bridgehead atoms. The van der Waals surface area contributed by atoms with Crippen molar-refractivity contribution in [2.45, 2.75) is 0 Å². The van der Waals surface area contributed by atoms with E-state index in [1.807, 2.05) is 0 Å². The second-order valence-electron chi connectivity index (χ2n) is 4.31. The largest absolute Gasteiger partial charge is 0.506 e. The highest BCUT2D eigenvalue weighted by Crippen LogP contribution is 2.34. The molecule has 0 heterocycles. The van der Waals surface area contributed by atoms with Crippen molar-refractivity contribution >= 4 is 49.2 Å². The Morgan fingerprint density at radius 1 is 1.23 bits per heavy atom. The van der Waals surface area contributed by atoms with Crippen molar-refractivity contribution in [3.8, 4) is 11.8 Å². The van der Waals surface area contributed by atoms with Crippen LogP contribution in [-0.4, -0.2) is 10.0 Å². The number of nitrogens with zero attached hydrogens (tertiary/aromatic N) is 2. The normalized spacial score (nSPS) is 11.0. The van der Waals surface area contributed by atoms with E-state index >= 15 is 0 Å².